The average molecular weight is 164 g/mol. The van der Waals surface area contributed by atoms with Crippen LogP contribution in [0.1, 0.15) is 12.5 Å². The molecule has 0 bridgehead atoms. The summed E-state index contributed by atoms with van der Waals surface area (Å²) in [6.07, 6.45) is 7.24. The molecule has 0 aliphatic carbocycles. The highest BCUT2D eigenvalue weighted by Crippen LogP contribution is 1.98. The molecule has 0 radical (unpaired) electrons. The van der Waals surface area contributed by atoms with Crippen LogP contribution in [0.4, 0.5) is 0 Å². The Morgan fingerprint density at radius 3 is 2.50 bits per heavy atom. The molecule has 0 aromatic carbocycles. The van der Waals surface area contributed by atoms with Crippen molar-refractivity contribution in [3.63, 3.8) is 0 Å². The van der Waals surface area contributed by atoms with E-state index >= 15 is 0 Å². The van der Waals surface area contributed by atoms with E-state index in [1.165, 1.54) is 0 Å². The number of aromatic nitrogens is 1. The Balaban J connectivity index is 2.71. The van der Waals surface area contributed by atoms with Crippen LogP contribution >= 0.6 is 0 Å². The topological polar surface area (TPSA) is 24.1 Å². The highest BCUT2D eigenvalue weighted by atomic mass is 16.3. The van der Waals surface area contributed by atoms with Crippen molar-refractivity contribution in [3.05, 3.63) is 36.2 Å². The lowest BCUT2D eigenvalue weighted by Gasteiger charge is -1.93. The molecular formula is C10H14NO+. The minimum absolute atomic E-state index is 0.376. The Bertz CT molecular complexity index is 262. The first-order chi connectivity index (χ1) is 5.68. The number of aliphatic hydroxyl groups is 1. The Kier molecular flexibility index (Phi) is 3.00. The molecule has 1 N–H and O–H groups in total. The van der Waals surface area contributed by atoms with Gasteiger partial charge in [0.25, 0.3) is 0 Å². The first kappa shape index (κ1) is 8.94. The molecule has 0 aliphatic rings. The summed E-state index contributed by atoms with van der Waals surface area (Å²) in [5, 5.41) is 8.98. The Morgan fingerprint density at radius 1 is 1.42 bits per heavy atom. The molecule has 1 rings (SSSR count). The maximum Gasteiger partial charge on any atom is 0.169 e. The van der Waals surface area contributed by atoms with Crippen LogP contribution in [0.25, 0.3) is 6.08 Å². The molecule has 0 amide bonds. The van der Waals surface area contributed by atoms with Gasteiger partial charge in [-0.05, 0) is 12.5 Å². The molecule has 0 fully saturated rings. The van der Waals surface area contributed by atoms with Gasteiger partial charge in [-0.1, -0.05) is 12.2 Å². The van der Waals surface area contributed by atoms with E-state index in [1.807, 2.05) is 42.2 Å². The van der Waals surface area contributed by atoms with Gasteiger partial charge in [-0.25, -0.2) is 4.57 Å². The van der Waals surface area contributed by atoms with Crippen LogP contribution in [0, 0.1) is 0 Å². The zero-order valence-electron chi connectivity index (χ0n) is 7.44. The summed E-state index contributed by atoms with van der Waals surface area (Å²) < 4.78 is 1.97. The SMILES string of the molecule is CC(O)C=Cc1cc[n+](C)cc1. The van der Waals surface area contributed by atoms with Gasteiger partial charge >= 0.3 is 0 Å². The first-order valence-electron chi connectivity index (χ1n) is 4.00. The summed E-state index contributed by atoms with van der Waals surface area (Å²) in [4.78, 5) is 0. The van der Waals surface area contributed by atoms with Crippen LogP contribution in [-0.2, 0) is 7.05 Å². The molecule has 1 unspecified atom stereocenters. The average Bonchev–Trinajstić information content (AvgIpc) is 2.03. The standard InChI is InChI=1S/C10H14NO/c1-9(12)3-4-10-5-7-11(2)8-6-10/h3-9,12H,1-2H3/q+1. The third-order valence-electron chi connectivity index (χ3n) is 1.57. The maximum atomic E-state index is 8.98. The van der Waals surface area contributed by atoms with Crippen molar-refractivity contribution in [2.75, 3.05) is 0 Å². The van der Waals surface area contributed by atoms with E-state index in [-0.39, 0.29) is 6.10 Å². The number of pyridine rings is 1. The van der Waals surface area contributed by atoms with Crippen LogP contribution in [0.3, 0.4) is 0 Å². The van der Waals surface area contributed by atoms with E-state index in [0.717, 1.165) is 5.56 Å². The molecule has 1 heterocycles. The van der Waals surface area contributed by atoms with E-state index < -0.39 is 0 Å². The van der Waals surface area contributed by atoms with E-state index in [0.29, 0.717) is 0 Å². The largest absolute Gasteiger partial charge is 0.389 e. The van der Waals surface area contributed by atoms with Crippen molar-refractivity contribution in [2.45, 2.75) is 13.0 Å². The van der Waals surface area contributed by atoms with Crippen molar-refractivity contribution in [1.29, 1.82) is 0 Å². The summed E-state index contributed by atoms with van der Waals surface area (Å²) >= 11 is 0. The van der Waals surface area contributed by atoms with Gasteiger partial charge in [-0.2, -0.15) is 0 Å². The molecule has 1 aromatic rings. The Morgan fingerprint density at radius 2 is 2.00 bits per heavy atom. The van der Waals surface area contributed by atoms with E-state index in [1.54, 1.807) is 13.0 Å². The van der Waals surface area contributed by atoms with E-state index in [2.05, 4.69) is 0 Å². The fourth-order valence-corrected chi connectivity index (χ4v) is 0.874. The highest BCUT2D eigenvalue weighted by Gasteiger charge is 1.91. The van der Waals surface area contributed by atoms with Crippen molar-refractivity contribution < 1.29 is 9.67 Å². The molecule has 1 aromatic heterocycles. The third-order valence-corrected chi connectivity index (χ3v) is 1.57. The molecule has 64 valence electrons. The summed E-state index contributed by atoms with van der Waals surface area (Å²) in [7, 11) is 1.97. The van der Waals surface area contributed by atoms with Gasteiger partial charge in [-0.3, -0.25) is 0 Å². The Hall–Kier alpha value is -1.15. The van der Waals surface area contributed by atoms with Gasteiger partial charge in [0.05, 0.1) is 6.10 Å². The van der Waals surface area contributed by atoms with Gasteiger partial charge in [0.2, 0.25) is 0 Å². The summed E-state index contributed by atoms with van der Waals surface area (Å²) in [6, 6.07) is 4.00. The zero-order chi connectivity index (χ0) is 8.97. The van der Waals surface area contributed by atoms with E-state index in [9.17, 15) is 0 Å². The fourth-order valence-electron chi connectivity index (χ4n) is 0.874. The van der Waals surface area contributed by atoms with Crippen molar-refractivity contribution in [3.8, 4) is 0 Å². The zero-order valence-corrected chi connectivity index (χ0v) is 7.44. The normalized spacial score (nSPS) is 13.6. The number of rotatable bonds is 2. The Labute approximate surface area is 72.8 Å². The number of aliphatic hydroxyl groups excluding tert-OH is 1. The first-order valence-corrected chi connectivity index (χ1v) is 4.00. The summed E-state index contributed by atoms with van der Waals surface area (Å²) in [5.41, 5.74) is 1.11. The molecule has 0 aliphatic heterocycles. The molecular weight excluding hydrogens is 150 g/mol. The number of hydrogen-bond acceptors (Lipinski definition) is 1. The second kappa shape index (κ2) is 4.02. The van der Waals surface area contributed by atoms with Crippen molar-refractivity contribution in [1.82, 2.24) is 0 Å². The minimum atomic E-state index is -0.376. The van der Waals surface area contributed by atoms with Crippen LogP contribution in [0.5, 0.6) is 0 Å². The smallest absolute Gasteiger partial charge is 0.169 e. The van der Waals surface area contributed by atoms with Crippen molar-refractivity contribution >= 4 is 6.08 Å². The molecule has 0 saturated carbocycles. The maximum absolute atomic E-state index is 8.98. The van der Waals surface area contributed by atoms with Gasteiger partial charge in [0, 0.05) is 12.1 Å². The van der Waals surface area contributed by atoms with Crippen LogP contribution in [-0.4, -0.2) is 11.2 Å². The lowest BCUT2D eigenvalue weighted by Crippen LogP contribution is -2.25. The molecule has 0 spiro atoms. The lowest BCUT2D eigenvalue weighted by atomic mass is 10.2. The van der Waals surface area contributed by atoms with Gasteiger partial charge in [0.1, 0.15) is 7.05 Å². The number of aryl methyl sites for hydroxylation is 1. The number of hydrogen-bond donors (Lipinski definition) is 1. The fraction of sp³-hybridized carbons (Fsp3) is 0.300. The molecule has 0 saturated heterocycles. The van der Waals surface area contributed by atoms with Crippen LogP contribution in [0.2, 0.25) is 0 Å². The van der Waals surface area contributed by atoms with Gasteiger partial charge < -0.3 is 5.11 Å². The van der Waals surface area contributed by atoms with Gasteiger partial charge in [0.15, 0.2) is 12.4 Å². The highest BCUT2D eigenvalue weighted by molar-refractivity contribution is 5.47. The second-order valence-corrected chi connectivity index (χ2v) is 2.90. The predicted molar refractivity (Wildman–Crippen MR) is 48.3 cm³/mol. The van der Waals surface area contributed by atoms with Gasteiger partial charge in [-0.15, -0.1) is 0 Å². The second-order valence-electron chi connectivity index (χ2n) is 2.90. The lowest BCUT2D eigenvalue weighted by molar-refractivity contribution is -0.671. The molecule has 2 nitrogen and oxygen atoms in total. The minimum Gasteiger partial charge on any atom is -0.389 e. The van der Waals surface area contributed by atoms with Crippen LogP contribution < -0.4 is 4.57 Å². The van der Waals surface area contributed by atoms with E-state index in [4.69, 9.17) is 5.11 Å². The summed E-state index contributed by atoms with van der Waals surface area (Å²) in [6.45, 7) is 1.74. The third kappa shape index (κ3) is 2.84. The predicted octanol–water partition coefficient (Wildman–Crippen LogP) is 0.905. The van der Waals surface area contributed by atoms with Crippen molar-refractivity contribution in [2.24, 2.45) is 7.05 Å². The summed E-state index contributed by atoms with van der Waals surface area (Å²) in [5.74, 6) is 0. The monoisotopic (exact) mass is 164 g/mol. The molecule has 12 heavy (non-hydrogen) atoms. The number of nitrogens with zero attached hydrogens (tertiary/aromatic N) is 1. The quantitative estimate of drug-likeness (QED) is 0.645. The molecule has 2 heteroatoms. The molecule has 1 atom stereocenters. The van der Waals surface area contributed by atoms with Crippen LogP contribution in [0.15, 0.2) is 30.6 Å².